The van der Waals surface area contributed by atoms with Crippen molar-refractivity contribution < 1.29 is 24.2 Å². The molecule has 2 aliphatic rings. The lowest BCUT2D eigenvalue weighted by molar-refractivity contribution is -0.137. The van der Waals surface area contributed by atoms with Crippen molar-refractivity contribution in [2.45, 2.75) is 56.1 Å². The Morgan fingerprint density at radius 1 is 1.31 bits per heavy atom. The summed E-state index contributed by atoms with van der Waals surface area (Å²) in [6.07, 6.45) is 2.27. The zero-order valence-corrected chi connectivity index (χ0v) is 21.4. The molecule has 0 aliphatic carbocycles. The summed E-state index contributed by atoms with van der Waals surface area (Å²) in [5.41, 5.74) is 0. The maximum Gasteiger partial charge on any atom is 0.415 e. The summed E-state index contributed by atoms with van der Waals surface area (Å²) in [5, 5.41) is 24.4. The predicted molar refractivity (Wildman–Crippen MR) is 133 cm³/mol. The number of aromatic nitrogens is 5. The summed E-state index contributed by atoms with van der Waals surface area (Å²) in [7, 11) is 0. The normalized spacial score (nSPS) is 18.6. The second-order valence-electron chi connectivity index (χ2n) is 8.70. The van der Waals surface area contributed by atoms with Crippen LogP contribution in [0.15, 0.2) is 23.5 Å². The van der Waals surface area contributed by atoms with E-state index in [9.17, 15) is 14.4 Å². The number of nitrogens with zero attached hydrogens (tertiary/aromatic N) is 7. The summed E-state index contributed by atoms with van der Waals surface area (Å²) < 4.78 is 6.96. The molecule has 4 rings (SSSR count). The van der Waals surface area contributed by atoms with Gasteiger partial charge in [-0.15, -0.1) is 5.10 Å². The van der Waals surface area contributed by atoms with Crippen LogP contribution in [0.5, 0.6) is 5.75 Å². The number of carboxylic acid groups (broad SMARTS) is 1. The van der Waals surface area contributed by atoms with Crippen molar-refractivity contribution in [1.82, 2.24) is 35.4 Å². The van der Waals surface area contributed by atoms with Crippen LogP contribution in [0.25, 0.3) is 0 Å². The van der Waals surface area contributed by atoms with E-state index in [2.05, 4.69) is 25.8 Å². The molecular weight excluding hydrogens is 508 g/mol. The molecule has 2 aromatic heterocycles. The van der Waals surface area contributed by atoms with E-state index in [0.29, 0.717) is 42.0 Å². The number of aliphatic carboxylic acids is 1. The number of aryl methyl sites for hydroxylation is 1. The second-order valence-corrected chi connectivity index (χ2v) is 10.4. The van der Waals surface area contributed by atoms with E-state index in [1.54, 1.807) is 17.0 Å². The van der Waals surface area contributed by atoms with Gasteiger partial charge < -0.3 is 20.1 Å². The molecular formula is C21H26N8O5S2. The van der Waals surface area contributed by atoms with E-state index in [0.717, 1.165) is 0 Å². The van der Waals surface area contributed by atoms with Gasteiger partial charge in [0.1, 0.15) is 11.9 Å². The highest BCUT2D eigenvalue weighted by molar-refractivity contribution is 7.99. The summed E-state index contributed by atoms with van der Waals surface area (Å²) in [6.45, 7) is 5.07. The Kier molecular flexibility index (Phi) is 7.98. The van der Waals surface area contributed by atoms with E-state index in [1.807, 2.05) is 13.8 Å². The highest BCUT2D eigenvalue weighted by atomic mass is 32.2. The molecule has 13 nitrogen and oxygen atoms in total. The van der Waals surface area contributed by atoms with Crippen molar-refractivity contribution in [3.63, 3.8) is 0 Å². The van der Waals surface area contributed by atoms with E-state index in [1.165, 1.54) is 27.5 Å². The number of amides is 2. The number of tetrazole rings is 1. The van der Waals surface area contributed by atoms with Gasteiger partial charge in [-0.25, -0.2) is 19.4 Å². The van der Waals surface area contributed by atoms with Gasteiger partial charge in [-0.1, -0.05) is 25.6 Å². The summed E-state index contributed by atoms with van der Waals surface area (Å²) in [6, 6.07) is 2.78. The van der Waals surface area contributed by atoms with Crippen LogP contribution in [0.1, 0.15) is 33.1 Å². The van der Waals surface area contributed by atoms with Gasteiger partial charge >= 0.3 is 12.1 Å². The lowest BCUT2D eigenvalue weighted by Gasteiger charge is -2.30. The molecule has 4 heterocycles. The lowest BCUT2D eigenvalue weighted by atomic mass is 10.1. The Morgan fingerprint density at radius 2 is 2.06 bits per heavy atom. The minimum Gasteiger partial charge on any atom is -0.481 e. The van der Waals surface area contributed by atoms with Crippen molar-refractivity contribution in [2.75, 3.05) is 18.0 Å². The van der Waals surface area contributed by atoms with Gasteiger partial charge in [-0.2, -0.15) is 0 Å². The van der Waals surface area contributed by atoms with Gasteiger partial charge in [0, 0.05) is 18.3 Å². The monoisotopic (exact) mass is 534 g/mol. The molecule has 1 atom stereocenters. The van der Waals surface area contributed by atoms with Crippen LogP contribution in [0.2, 0.25) is 0 Å². The van der Waals surface area contributed by atoms with Gasteiger partial charge in [-0.3, -0.25) is 9.59 Å². The number of likely N-dealkylation sites (tertiary alicyclic amines) is 1. The van der Waals surface area contributed by atoms with Gasteiger partial charge in [0.05, 0.1) is 19.2 Å². The fourth-order valence-corrected chi connectivity index (χ4v) is 5.21. The van der Waals surface area contributed by atoms with Crippen molar-refractivity contribution in [2.24, 2.45) is 5.92 Å². The Balaban J connectivity index is 1.27. The first-order valence-electron chi connectivity index (χ1n) is 11.4. The zero-order chi connectivity index (χ0) is 25.8. The smallest absolute Gasteiger partial charge is 0.415 e. The molecule has 0 aromatic carbocycles. The van der Waals surface area contributed by atoms with Crippen LogP contribution in [0, 0.1) is 5.92 Å². The zero-order valence-electron chi connectivity index (χ0n) is 19.7. The first-order chi connectivity index (χ1) is 17.2. The summed E-state index contributed by atoms with van der Waals surface area (Å²) >= 11 is 6.76. The molecule has 0 bridgehead atoms. The standard InChI is InChI=1S/C21H26N8O5S2/c1-12(2)17-18(32)29(19(35)23-17)15-4-3-13(11-22-15)34-21(33)27-8-5-14(6-9-27)36-20-24-25-26-28(20)10-7-16(30)31/h3-4,11-12,14,17H,5-10H2,1-2H3,(H,23,35)(H,30,31). The molecule has 0 saturated carbocycles. The number of rotatable bonds is 8. The molecule has 2 fully saturated rings. The third-order valence-corrected chi connectivity index (χ3v) is 7.41. The van der Waals surface area contributed by atoms with Crippen molar-refractivity contribution in [1.29, 1.82) is 0 Å². The van der Waals surface area contributed by atoms with Gasteiger partial charge in [0.2, 0.25) is 5.16 Å². The quantitative estimate of drug-likeness (QED) is 0.472. The first-order valence-corrected chi connectivity index (χ1v) is 12.7. The molecule has 2 aromatic rings. The van der Waals surface area contributed by atoms with Crippen molar-refractivity contribution >= 4 is 52.9 Å². The van der Waals surface area contributed by atoms with Crippen LogP contribution in [0.3, 0.4) is 0 Å². The van der Waals surface area contributed by atoms with E-state index in [-0.39, 0.29) is 35.8 Å². The van der Waals surface area contributed by atoms with Crippen LogP contribution in [0.4, 0.5) is 10.6 Å². The van der Waals surface area contributed by atoms with E-state index in [4.69, 9.17) is 22.1 Å². The third kappa shape index (κ3) is 5.90. The molecule has 0 spiro atoms. The number of anilines is 1. The highest BCUT2D eigenvalue weighted by Crippen LogP contribution is 2.29. The maximum atomic E-state index is 12.6. The fraction of sp³-hybridized carbons (Fsp3) is 0.524. The molecule has 2 saturated heterocycles. The Bertz CT molecular complexity index is 1130. The van der Waals surface area contributed by atoms with Gasteiger partial charge in [-0.05, 0) is 53.5 Å². The highest BCUT2D eigenvalue weighted by Gasteiger charge is 2.38. The second kappa shape index (κ2) is 11.2. The van der Waals surface area contributed by atoms with Crippen LogP contribution in [-0.2, 0) is 16.1 Å². The van der Waals surface area contributed by atoms with Crippen LogP contribution in [-0.4, -0.2) is 82.7 Å². The number of carboxylic acids is 1. The lowest BCUT2D eigenvalue weighted by Crippen LogP contribution is -2.41. The Hall–Kier alpha value is -3.33. The Morgan fingerprint density at radius 3 is 2.67 bits per heavy atom. The number of hydrogen-bond donors (Lipinski definition) is 2. The number of piperidine rings is 1. The number of thioether (sulfide) groups is 1. The Labute approximate surface area is 216 Å². The maximum absolute atomic E-state index is 12.6. The third-order valence-electron chi connectivity index (χ3n) is 5.80. The number of nitrogens with one attached hydrogen (secondary N) is 1. The van der Waals surface area contributed by atoms with Gasteiger partial charge in [0.15, 0.2) is 10.9 Å². The number of ether oxygens (including phenoxy) is 1. The predicted octanol–water partition coefficient (Wildman–Crippen LogP) is 1.54. The molecule has 2 amide bonds. The molecule has 192 valence electrons. The fourth-order valence-electron chi connectivity index (χ4n) is 3.83. The first kappa shape index (κ1) is 25.8. The summed E-state index contributed by atoms with van der Waals surface area (Å²) in [5.74, 6) is -0.366. The molecule has 2 N–H and O–H groups in total. The average molecular weight is 535 g/mol. The number of thiocarbonyl (C=S) groups is 1. The SMILES string of the molecule is CC(C)C1NC(=S)N(c2ccc(OC(=O)N3CCC(Sc4nnnn4CCC(=O)O)CC3)cn2)C1=O. The van der Waals surface area contributed by atoms with E-state index < -0.39 is 18.1 Å². The number of hydrogen-bond acceptors (Lipinski definition) is 10. The topological polar surface area (TPSA) is 156 Å². The minimum atomic E-state index is -0.914. The van der Waals surface area contributed by atoms with Crippen molar-refractivity contribution in [3.8, 4) is 5.75 Å². The van der Waals surface area contributed by atoms with Crippen LogP contribution < -0.4 is 15.0 Å². The molecule has 15 heteroatoms. The number of pyridine rings is 1. The number of carbonyl (C=O) groups excluding carboxylic acids is 2. The summed E-state index contributed by atoms with van der Waals surface area (Å²) in [4.78, 5) is 43.3. The molecule has 0 radical (unpaired) electrons. The molecule has 1 unspecified atom stereocenters. The number of carbonyl (C=O) groups is 3. The molecule has 36 heavy (non-hydrogen) atoms. The molecule has 2 aliphatic heterocycles. The van der Waals surface area contributed by atoms with Crippen LogP contribution >= 0.6 is 24.0 Å². The minimum absolute atomic E-state index is 0.0604. The average Bonchev–Trinajstić information content (AvgIpc) is 3.41. The largest absolute Gasteiger partial charge is 0.481 e. The van der Waals surface area contributed by atoms with Crippen molar-refractivity contribution in [3.05, 3.63) is 18.3 Å². The van der Waals surface area contributed by atoms with Gasteiger partial charge in [0.25, 0.3) is 5.91 Å². The van der Waals surface area contributed by atoms with E-state index >= 15 is 0 Å².